The number of aryl methyl sites for hydroxylation is 1. The fraction of sp³-hybridized carbons (Fsp3) is 0.355. The molecule has 0 saturated carbocycles. The topological polar surface area (TPSA) is 96.0 Å². The highest BCUT2D eigenvalue weighted by molar-refractivity contribution is 7.92. The smallest absolute Gasteiger partial charge is 0.264 e. The molecule has 9 heteroatoms. The van der Waals surface area contributed by atoms with Crippen LogP contribution in [0, 0.1) is 6.92 Å². The number of carbonyl (C=O) groups is 2. The molecule has 0 saturated heterocycles. The van der Waals surface area contributed by atoms with Crippen molar-refractivity contribution < 1.29 is 22.7 Å². The van der Waals surface area contributed by atoms with Crippen LogP contribution in [0.4, 0.5) is 5.69 Å². The summed E-state index contributed by atoms with van der Waals surface area (Å²) in [5.74, 6) is -0.177. The standard InChI is InChI=1S/C31H39N3O5S/c1-5-21-32-31(36)29(6-2)33(22-25-14-12-11-13-24(25)4)30(35)23-34(26-15-9-8-10-16-26)40(37,38)28-19-17-27(18-20-28)39-7-3/h8-20,29H,5-7,21-23H2,1-4H3,(H,32,36)/t29-/m1/s1. The maximum atomic E-state index is 14.1. The van der Waals surface area contributed by atoms with Gasteiger partial charge < -0.3 is 15.0 Å². The predicted octanol–water partition coefficient (Wildman–Crippen LogP) is 4.92. The molecule has 1 N–H and O–H groups in total. The fourth-order valence-corrected chi connectivity index (χ4v) is 5.80. The summed E-state index contributed by atoms with van der Waals surface area (Å²) in [5.41, 5.74) is 2.22. The highest BCUT2D eigenvalue weighted by Gasteiger charge is 2.33. The summed E-state index contributed by atoms with van der Waals surface area (Å²) in [6.07, 6.45) is 1.14. The van der Waals surface area contributed by atoms with Crippen LogP contribution >= 0.6 is 0 Å². The lowest BCUT2D eigenvalue weighted by Crippen LogP contribution is -2.52. The minimum absolute atomic E-state index is 0.0331. The lowest BCUT2D eigenvalue weighted by molar-refractivity contribution is -0.140. The van der Waals surface area contributed by atoms with Crippen molar-refractivity contribution in [2.45, 2.75) is 58.0 Å². The van der Waals surface area contributed by atoms with Gasteiger partial charge >= 0.3 is 0 Å². The molecule has 40 heavy (non-hydrogen) atoms. The molecule has 0 aromatic heterocycles. The van der Waals surface area contributed by atoms with Gasteiger partial charge in [0.2, 0.25) is 11.8 Å². The highest BCUT2D eigenvalue weighted by atomic mass is 32.2. The fourth-order valence-electron chi connectivity index (χ4n) is 4.38. The molecule has 0 fully saturated rings. The van der Waals surface area contributed by atoms with Gasteiger partial charge in [0.05, 0.1) is 17.2 Å². The number of amides is 2. The maximum Gasteiger partial charge on any atom is 0.264 e. The first kappa shape index (κ1) is 30.7. The van der Waals surface area contributed by atoms with E-state index in [1.165, 1.54) is 17.0 Å². The summed E-state index contributed by atoms with van der Waals surface area (Å²) in [5, 5.41) is 2.90. The minimum Gasteiger partial charge on any atom is -0.494 e. The first-order valence-corrected chi connectivity index (χ1v) is 15.1. The van der Waals surface area contributed by atoms with Crippen LogP contribution < -0.4 is 14.4 Å². The first-order chi connectivity index (χ1) is 19.2. The van der Waals surface area contributed by atoms with Crippen molar-refractivity contribution in [2.24, 2.45) is 0 Å². The summed E-state index contributed by atoms with van der Waals surface area (Å²) < 4.78 is 34.4. The third-order valence-electron chi connectivity index (χ3n) is 6.58. The van der Waals surface area contributed by atoms with E-state index >= 15 is 0 Å². The Morgan fingerprint density at radius 3 is 2.15 bits per heavy atom. The van der Waals surface area contributed by atoms with E-state index in [-0.39, 0.29) is 17.3 Å². The SMILES string of the molecule is CCCNC(=O)[C@@H](CC)N(Cc1ccccc1C)C(=O)CN(c1ccccc1)S(=O)(=O)c1ccc(OCC)cc1. The van der Waals surface area contributed by atoms with Gasteiger partial charge in [-0.3, -0.25) is 13.9 Å². The molecule has 0 heterocycles. The normalized spacial score (nSPS) is 11.9. The van der Waals surface area contributed by atoms with Gasteiger partial charge in [-0.15, -0.1) is 0 Å². The Balaban J connectivity index is 2.02. The molecule has 0 aliphatic rings. The Morgan fingerprint density at radius 2 is 1.55 bits per heavy atom. The number of rotatable bonds is 14. The van der Waals surface area contributed by atoms with Gasteiger partial charge in [-0.2, -0.15) is 0 Å². The molecule has 8 nitrogen and oxygen atoms in total. The zero-order chi connectivity index (χ0) is 29.1. The molecule has 0 aliphatic heterocycles. The number of carbonyl (C=O) groups excluding carboxylic acids is 2. The lowest BCUT2D eigenvalue weighted by Gasteiger charge is -2.33. The van der Waals surface area contributed by atoms with Gasteiger partial charge in [0.1, 0.15) is 18.3 Å². The molecule has 2 amide bonds. The second-order valence-corrected chi connectivity index (χ2v) is 11.3. The van der Waals surface area contributed by atoms with Crippen LogP contribution in [0.3, 0.4) is 0 Å². The van der Waals surface area contributed by atoms with Crippen molar-refractivity contribution >= 4 is 27.5 Å². The second-order valence-electron chi connectivity index (χ2n) is 9.41. The number of ether oxygens (including phenoxy) is 1. The molecule has 214 valence electrons. The van der Waals surface area contributed by atoms with Gasteiger partial charge in [-0.25, -0.2) is 8.42 Å². The van der Waals surface area contributed by atoms with Crippen LogP contribution in [0.5, 0.6) is 5.75 Å². The first-order valence-electron chi connectivity index (χ1n) is 13.6. The molecule has 3 rings (SSSR count). The predicted molar refractivity (Wildman–Crippen MR) is 158 cm³/mol. The number of anilines is 1. The second kappa shape index (κ2) is 14.5. The van der Waals surface area contributed by atoms with Gasteiger partial charge in [0.15, 0.2) is 0 Å². The average molecular weight is 566 g/mol. The summed E-state index contributed by atoms with van der Waals surface area (Å²) in [7, 11) is -4.13. The molecule has 0 spiro atoms. The molecular weight excluding hydrogens is 526 g/mol. The average Bonchev–Trinajstić information content (AvgIpc) is 2.96. The zero-order valence-electron chi connectivity index (χ0n) is 23.7. The monoisotopic (exact) mass is 565 g/mol. The van der Waals surface area contributed by atoms with E-state index in [1.807, 2.05) is 52.0 Å². The number of sulfonamides is 1. The van der Waals surface area contributed by atoms with Gasteiger partial charge in [-0.1, -0.05) is 56.3 Å². The van der Waals surface area contributed by atoms with Crippen molar-refractivity contribution in [1.82, 2.24) is 10.2 Å². The van der Waals surface area contributed by atoms with E-state index in [0.29, 0.717) is 31.0 Å². The van der Waals surface area contributed by atoms with Crippen molar-refractivity contribution in [1.29, 1.82) is 0 Å². The Morgan fingerprint density at radius 1 is 0.900 bits per heavy atom. The lowest BCUT2D eigenvalue weighted by atomic mass is 10.1. The van der Waals surface area contributed by atoms with Crippen LogP contribution in [0.1, 0.15) is 44.7 Å². The number of nitrogens with one attached hydrogen (secondary N) is 1. The quantitative estimate of drug-likeness (QED) is 0.299. The third-order valence-corrected chi connectivity index (χ3v) is 8.37. The molecule has 0 aliphatic carbocycles. The van der Waals surface area contributed by atoms with E-state index in [0.717, 1.165) is 21.9 Å². The van der Waals surface area contributed by atoms with E-state index in [2.05, 4.69) is 5.32 Å². The van der Waals surface area contributed by atoms with Crippen molar-refractivity contribution in [3.05, 3.63) is 90.0 Å². The molecular formula is C31H39N3O5S. The van der Waals surface area contributed by atoms with Crippen LogP contribution in [0.15, 0.2) is 83.8 Å². The Hall–Kier alpha value is -3.85. The van der Waals surface area contributed by atoms with Crippen molar-refractivity contribution in [2.75, 3.05) is 24.0 Å². The summed E-state index contributed by atoms with van der Waals surface area (Å²) in [6, 6.07) is 21.6. The van der Waals surface area contributed by atoms with Gasteiger partial charge in [-0.05, 0) is 74.2 Å². The van der Waals surface area contributed by atoms with Crippen LogP contribution in [-0.2, 0) is 26.2 Å². The zero-order valence-corrected chi connectivity index (χ0v) is 24.5. The van der Waals surface area contributed by atoms with E-state index < -0.39 is 28.5 Å². The third kappa shape index (κ3) is 7.63. The molecule has 3 aromatic carbocycles. The van der Waals surface area contributed by atoms with Crippen LogP contribution in [0.25, 0.3) is 0 Å². The molecule has 0 bridgehead atoms. The summed E-state index contributed by atoms with van der Waals surface area (Å²) in [6.45, 7) is 8.26. The van der Waals surface area contributed by atoms with Crippen LogP contribution in [-0.4, -0.2) is 50.9 Å². The Kier molecular flexibility index (Phi) is 11.1. The van der Waals surface area contributed by atoms with Gasteiger partial charge in [0.25, 0.3) is 10.0 Å². The van der Waals surface area contributed by atoms with Crippen LogP contribution in [0.2, 0.25) is 0 Å². The van der Waals surface area contributed by atoms with E-state index in [9.17, 15) is 18.0 Å². The molecule has 0 radical (unpaired) electrons. The summed E-state index contributed by atoms with van der Waals surface area (Å²) >= 11 is 0. The van der Waals surface area contributed by atoms with Gasteiger partial charge in [0, 0.05) is 13.1 Å². The largest absolute Gasteiger partial charge is 0.494 e. The number of benzene rings is 3. The van der Waals surface area contributed by atoms with Crippen molar-refractivity contribution in [3.8, 4) is 5.75 Å². The van der Waals surface area contributed by atoms with E-state index in [4.69, 9.17) is 4.74 Å². The number of hydrogen-bond donors (Lipinski definition) is 1. The number of nitrogens with zero attached hydrogens (tertiary/aromatic N) is 2. The number of hydrogen-bond acceptors (Lipinski definition) is 5. The summed E-state index contributed by atoms with van der Waals surface area (Å²) in [4.78, 5) is 28.8. The molecule has 0 unspecified atom stereocenters. The Bertz CT molecular complexity index is 1360. The minimum atomic E-state index is -4.13. The van der Waals surface area contributed by atoms with Crippen molar-refractivity contribution in [3.63, 3.8) is 0 Å². The number of para-hydroxylation sites is 1. The highest BCUT2D eigenvalue weighted by Crippen LogP contribution is 2.26. The molecule has 1 atom stereocenters. The Labute approximate surface area is 238 Å². The van der Waals surface area contributed by atoms with E-state index in [1.54, 1.807) is 42.5 Å². The maximum absolute atomic E-state index is 14.1. The molecule has 3 aromatic rings.